The maximum Gasteiger partial charge on any atom is 0.234 e. The molecule has 0 radical (unpaired) electrons. The van der Waals surface area contributed by atoms with E-state index in [0.717, 1.165) is 40.1 Å². The largest absolute Gasteiger partial charge is 0.325 e. The number of carbonyl (C=O) groups excluding carboxylic acids is 1. The Bertz CT molecular complexity index is 760. The van der Waals surface area contributed by atoms with Gasteiger partial charge in [-0.1, -0.05) is 62.1 Å². The molecule has 0 atom stereocenters. The molecule has 0 aliphatic heterocycles. The molecule has 1 aromatic carbocycles. The number of amides is 1. The number of thioether (sulfide) groups is 1. The van der Waals surface area contributed by atoms with E-state index in [4.69, 9.17) is 0 Å². The van der Waals surface area contributed by atoms with Crippen molar-refractivity contribution in [1.29, 1.82) is 0 Å². The van der Waals surface area contributed by atoms with E-state index < -0.39 is 0 Å². The molecule has 0 spiro atoms. The summed E-state index contributed by atoms with van der Waals surface area (Å²) < 4.78 is 2.04. The molecule has 1 aliphatic rings. The molecular formula is C21H30N4OS. The summed E-state index contributed by atoms with van der Waals surface area (Å²) in [6.07, 6.45) is 9.04. The first-order valence-corrected chi connectivity index (χ1v) is 10.9. The second kappa shape index (κ2) is 9.40. The van der Waals surface area contributed by atoms with Gasteiger partial charge in [-0.05, 0) is 37.3 Å². The molecule has 27 heavy (non-hydrogen) atoms. The molecule has 6 heteroatoms. The van der Waals surface area contributed by atoms with Gasteiger partial charge in [-0.25, -0.2) is 0 Å². The van der Waals surface area contributed by atoms with Crippen molar-refractivity contribution < 1.29 is 4.79 Å². The first-order valence-electron chi connectivity index (χ1n) is 9.91. The number of nitrogens with one attached hydrogen (secondary N) is 1. The highest BCUT2D eigenvalue weighted by atomic mass is 32.2. The average molecular weight is 387 g/mol. The number of para-hydroxylation sites is 1. The van der Waals surface area contributed by atoms with Crippen LogP contribution in [-0.4, -0.2) is 26.4 Å². The van der Waals surface area contributed by atoms with E-state index in [1.54, 1.807) is 0 Å². The van der Waals surface area contributed by atoms with Gasteiger partial charge in [0.05, 0.1) is 5.75 Å². The summed E-state index contributed by atoms with van der Waals surface area (Å²) in [5, 5.41) is 12.5. The van der Waals surface area contributed by atoms with Gasteiger partial charge >= 0.3 is 0 Å². The van der Waals surface area contributed by atoms with Crippen molar-refractivity contribution in [3.63, 3.8) is 0 Å². The molecule has 0 unspecified atom stereocenters. The van der Waals surface area contributed by atoms with E-state index in [0.29, 0.717) is 5.75 Å². The number of aromatic nitrogens is 3. The molecule has 146 valence electrons. The zero-order valence-electron chi connectivity index (χ0n) is 16.6. The number of aryl methyl sites for hydroxylation is 3. The summed E-state index contributed by atoms with van der Waals surface area (Å²) in [7, 11) is 2.00. The minimum absolute atomic E-state index is 0.0100. The van der Waals surface area contributed by atoms with E-state index in [1.165, 1.54) is 50.3 Å². The van der Waals surface area contributed by atoms with Crippen molar-refractivity contribution in [3.8, 4) is 0 Å². The Hall–Kier alpha value is -1.82. The number of hydrogen-bond acceptors (Lipinski definition) is 4. The molecule has 1 N–H and O–H groups in total. The predicted octanol–water partition coefficient (Wildman–Crippen LogP) is 4.68. The molecule has 2 aromatic rings. The Morgan fingerprint density at radius 2 is 1.89 bits per heavy atom. The Balaban J connectivity index is 1.50. The van der Waals surface area contributed by atoms with Crippen molar-refractivity contribution in [2.75, 3.05) is 11.1 Å². The summed E-state index contributed by atoms with van der Waals surface area (Å²) >= 11 is 1.45. The van der Waals surface area contributed by atoms with Crippen molar-refractivity contribution in [1.82, 2.24) is 14.8 Å². The van der Waals surface area contributed by atoms with Crippen molar-refractivity contribution >= 4 is 23.4 Å². The third-order valence-electron chi connectivity index (χ3n) is 5.50. The Labute approximate surface area is 166 Å². The summed E-state index contributed by atoms with van der Waals surface area (Å²) in [5.74, 6) is 2.19. The van der Waals surface area contributed by atoms with Crippen LogP contribution in [0.2, 0.25) is 0 Å². The molecule has 5 nitrogen and oxygen atoms in total. The van der Waals surface area contributed by atoms with Crippen LogP contribution in [0.15, 0.2) is 23.4 Å². The van der Waals surface area contributed by atoms with Crippen LogP contribution in [0, 0.1) is 19.8 Å². The lowest BCUT2D eigenvalue weighted by molar-refractivity contribution is -0.113. The van der Waals surface area contributed by atoms with Gasteiger partial charge in [0.25, 0.3) is 0 Å². The molecule has 1 saturated carbocycles. The van der Waals surface area contributed by atoms with Gasteiger partial charge in [0.15, 0.2) is 5.16 Å². The highest BCUT2D eigenvalue weighted by Gasteiger charge is 2.16. The van der Waals surface area contributed by atoms with Gasteiger partial charge in [-0.2, -0.15) is 0 Å². The van der Waals surface area contributed by atoms with Crippen LogP contribution in [0.1, 0.15) is 55.5 Å². The molecule has 1 aliphatic carbocycles. The topological polar surface area (TPSA) is 59.8 Å². The minimum atomic E-state index is -0.0100. The van der Waals surface area contributed by atoms with E-state index >= 15 is 0 Å². The van der Waals surface area contributed by atoms with E-state index in [1.807, 2.05) is 43.7 Å². The first kappa shape index (κ1) is 19.9. The molecule has 0 bridgehead atoms. The second-order valence-corrected chi connectivity index (χ2v) is 8.55. The van der Waals surface area contributed by atoms with Crippen LogP contribution in [0.5, 0.6) is 0 Å². The Morgan fingerprint density at radius 3 is 2.59 bits per heavy atom. The van der Waals surface area contributed by atoms with Crippen LogP contribution in [-0.2, 0) is 18.3 Å². The van der Waals surface area contributed by atoms with Gasteiger partial charge in [0.2, 0.25) is 5.91 Å². The maximum atomic E-state index is 12.4. The van der Waals surface area contributed by atoms with Crippen LogP contribution in [0.25, 0.3) is 0 Å². The first-order chi connectivity index (χ1) is 13.0. The second-order valence-electron chi connectivity index (χ2n) is 7.60. The lowest BCUT2D eigenvalue weighted by atomic mass is 9.86. The van der Waals surface area contributed by atoms with Crippen LogP contribution < -0.4 is 5.32 Å². The zero-order chi connectivity index (χ0) is 19.2. The number of anilines is 1. The monoisotopic (exact) mass is 386 g/mol. The number of hydrogen-bond donors (Lipinski definition) is 1. The summed E-state index contributed by atoms with van der Waals surface area (Å²) in [5.41, 5.74) is 3.07. The van der Waals surface area contributed by atoms with E-state index in [-0.39, 0.29) is 5.91 Å². The summed E-state index contributed by atoms with van der Waals surface area (Å²) in [6, 6.07) is 6.03. The van der Waals surface area contributed by atoms with Crippen molar-refractivity contribution in [2.24, 2.45) is 13.0 Å². The fraction of sp³-hybridized carbons (Fsp3) is 0.571. The molecule has 3 rings (SSSR count). The Morgan fingerprint density at radius 1 is 1.19 bits per heavy atom. The Kier molecular flexibility index (Phi) is 6.94. The quantitative estimate of drug-likeness (QED) is 0.702. The van der Waals surface area contributed by atoms with Gasteiger partial charge in [0, 0.05) is 19.2 Å². The number of nitrogens with zero attached hydrogens (tertiary/aromatic N) is 3. The third kappa shape index (κ3) is 5.34. The molecular weight excluding hydrogens is 356 g/mol. The van der Waals surface area contributed by atoms with Gasteiger partial charge in [-0.3, -0.25) is 4.79 Å². The van der Waals surface area contributed by atoms with Crippen LogP contribution in [0.3, 0.4) is 0 Å². The number of carbonyl (C=O) groups is 1. The zero-order valence-corrected chi connectivity index (χ0v) is 17.4. The van der Waals surface area contributed by atoms with E-state index in [2.05, 4.69) is 15.5 Å². The van der Waals surface area contributed by atoms with Crippen molar-refractivity contribution in [2.45, 2.75) is 63.9 Å². The van der Waals surface area contributed by atoms with Gasteiger partial charge in [0.1, 0.15) is 5.82 Å². The molecule has 1 amide bonds. The van der Waals surface area contributed by atoms with Gasteiger partial charge < -0.3 is 9.88 Å². The van der Waals surface area contributed by atoms with Crippen LogP contribution >= 0.6 is 11.8 Å². The SMILES string of the molecule is Cc1cccc(C)c1NC(=O)CSc1nnc(CCC2CCCCC2)n1C. The highest BCUT2D eigenvalue weighted by Crippen LogP contribution is 2.28. The summed E-state index contributed by atoms with van der Waals surface area (Å²) in [4.78, 5) is 12.4. The van der Waals surface area contributed by atoms with E-state index in [9.17, 15) is 4.79 Å². The van der Waals surface area contributed by atoms with Gasteiger partial charge in [-0.15, -0.1) is 10.2 Å². The minimum Gasteiger partial charge on any atom is -0.325 e. The highest BCUT2D eigenvalue weighted by molar-refractivity contribution is 7.99. The molecule has 0 saturated heterocycles. The standard InChI is InChI=1S/C21H30N4OS/c1-15-8-7-9-16(2)20(15)22-19(26)14-27-21-24-23-18(25(21)3)13-12-17-10-5-4-6-11-17/h7-9,17H,4-6,10-14H2,1-3H3,(H,22,26). The third-order valence-corrected chi connectivity index (χ3v) is 6.52. The molecule has 1 aromatic heterocycles. The van der Waals surface area contributed by atoms with Crippen molar-refractivity contribution in [3.05, 3.63) is 35.2 Å². The maximum absolute atomic E-state index is 12.4. The summed E-state index contributed by atoms with van der Waals surface area (Å²) in [6.45, 7) is 4.02. The number of benzene rings is 1. The normalized spacial score (nSPS) is 15.1. The molecule has 1 fully saturated rings. The number of rotatable bonds is 7. The fourth-order valence-corrected chi connectivity index (χ4v) is 4.54. The molecule has 1 heterocycles. The average Bonchev–Trinajstić information content (AvgIpc) is 3.02. The van der Waals surface area contributed by atoms with Crippen LogP contribution in [0.4, 0.5) is 5.69 Å². The lowest BCUT2D eigenvalue weighted by Gasteiger charge is -2.20. The fourth-order valence-electron chi connectivity index (χ4n) is 3.81. The smallest absolute Gasteiger partial charge is 0.234 e. The predicted molar refractivity (Wildman–Crippen MR) is 111 cm³/mol. The lowest BCUT2D eigenvalue weighted by Crippen LogP contribution is -2.16.